The normalized spacial score (nSPS) is 18.3. The lowest BCUT2D eigenvalue weighted by Crippen LogP contribution is -2.55. The lowest BCUT2D eigenvalue weighted by Gasteiger charge is -2.37. The minimum atomic E-state index is 0. The number of aliphatic imine (C=N–C) groups is 1. The van der Waals surface area contributed by atoms with E-state index < -0.39 is 0 Å². The van der Waals surface area contributed by atoms with E-state index in [-0.39, 0.29) is 24.0 Å². The Morgan fingerprint density at radius 2 is 1.97 bits per heavy atom. The molecule has 1 aliphatic rings. The van der Waals surface area contributed by atoms with E-state index in [9.17, 15) is 0 Å². The van der Waals surface area contributed by atoms with Gasteiger partial charge in [-0.3, -0.25) is 4.90 Å². The third-order valence-corrected chi connectivity index (χ3v) is 5.08. The summed E-state index contributed by atoms with van der Waals surface area (Å²) in [6, 6.07) is 8.65. The highest BCUT2D eigenvalue weighted by Gasteiger charge is 2.22. The van der Waals surface area contributed by atoms with Gasteiger partial charge in [-0.05, 0) is 40.1 Å². The Labute approximate surface area is 191 Å². The van der Waals surface area contributed by atoms with Crippen LogP contribution in [0.25, 0.3) is 11.5 Å². The molecular formula is C21H33IN6O. The summed E-state index contributed by atoms with van der Waals surface area (Å²) >= 11 is 0. The van der Waals surface area contributed by atoms with Crippen molar-refractivity contribution in [2.24, 2.45) is 4.99 Å². The zero-order valence-corrected chi connectivity index (χ0v) is 20.1. The van der Waals surface area contributed by atoms with Gasteiger partial charge in [0, 0.05) is 44.3 Å². The van der Waals surface area contributed by atoms with Gasteiger partial charge < -0.3 is 20.0 Å². The molecule has 1 aliphatic heterocycles. The topological polar surface area (TPSA) is 68.9 Å². The lowest BCUT2D eigenvalue weighted by molar-refractivity contribution is 0.116. The SMILES string of the molecule is CCNC(=NCc1coc(-c2ccc(C)cc2)n1)NCC1CN(C)CCN1C.I. The van der Waals surface area contributed by atoms with Crippen LogP contribution in [-0.4, -0.2) is 73.6 Å². The number of rotatable bonds is 6. The summed E-state index contributed by atoms with van der Waals surface area (Å²) in [4.78, 5) is 14.0. The molecule has 3 rings (SSSR count). The second-order valence-corrected chi connectivity index (χ2v) is 7.48. The van der Waals surface area contributed by atoms with Crippen molar-refractivity contribution in [3.05, 3.63) is 41.8 Å². The van der Waals surface area contributed by atoms with Gasteiger partial charge >= 0.3 is 0 Å². The Bertz CT molecular complexity index is 776. The molecule has 1 unspecified atom stereocenters. The molecule has 7 nitrogen and oxygen atoms in total. The Morgan fingerprint density at radius 3 is 2.69 bits per heavy atom. The van der Waals surface area contributed by atoms with Crippen molar-refractivity contribution in [3.63, 3.8) is 0 Å². The maximum atomic E-state index is 5.63. The fourth-order valence-corrected chi connectivity index (χ4v) is 3.25. The fourth-order valence-electron chi connectivity index (χ4n) is 3.25. The van der Waals surface area contributed by atoms with E-state index >= 15 is 0 Å². The van der Waals surface area contributed by atoms with Crippen molar-refractivity contribution in [2.45, 2.75) is 26.4 Å². The lowest BCUT2D eigenvalue weighted by atomic mass is 10.1. The summed E-state index contributed by atoms with van der Waals surface area (Å²) in [6.07, 6.45) is 1.69. The summed E-state index contributed by atoms with van der Waals surface area (Å²) in [5.41, 5.74) is 3.02. The van der Waals surface area contributed by atoms with Crippen LogP contribution in [0.15, 0.2) is 39.9 Å². The molecule has 0 radical (unpaired) electrons. The minimum absolute atomic E-state index is 0. The van der Waals surface area contributed by atoms with E-state index in [1.165, 1.54) is 5.56 Å². The molecule has 2 N–H and O–H groups in total. The molecule has 0 saturated carbocycles. The first-order valence-electron chi connectivity index (χ1n) is 9.97. The van der Waals surface area contributed by atoms with Gasteiger partial charge in [0.2, 0.25) is 5.89 Å². The smallest absolute Gasteiger partial charge is 0.226 e. The number of benzene rings is 1. The maximum Gasteiger partial charge on any atom is 0.226 e. The Kier molecular flexibility index (Phi) is 9.38. The molecule has 160 valence electrons. The number of likely N-dealkylation sites (N-methyl/N-ethyl adjacent to an activating group) is 2. The van der Waals surface area contributed by atoms with Crippen molar-refractivity contribution >= 4 is 29.9 Å². The third-order valence-electron chi connectivity index (χ3n) is 5.08. The zero-order valence-electron chi connectivity index (χ0n) is 17.8. The van der Waals surface area contributed by atoms with E-state index in [0.29, 0.717) is 18.5 Å². The fraction of sp³-hybridized carbons (Fsp3) is 0.524. The molecule has 1 atom stereocenters. The highest BCUT2D eigenvalue weighted by atomic mass is 127. The molecule has 2 heterocycles. The first kappa shape index (κ1) is 23.6. The number of piperazine rings is 1. The van der Waals surface area contributed by atoms with Gasteiger partial charge in [0.1, 0.15) is 12.0 Å². The van der Waals surface area contributed by atoms with Crippen molar-refractivity contribution in [3.8, 4) is 11.5 Å². The van der Waals surface area contributed by atoms with E-state index in [1.54, 1.807) is 6.26 Å². The highest BCUT2D eigenvalue weighted by Crippen LogP contribution is 2.19. The molecule has 0 bridgehead atoms. The first-order valence-corrected chi connectivity index (χ1v) is 9.97. The quantitative estimate of drug-likeness (QED) is 0.353. The summed E-state index contributed by atoms with van der Waals surface area (Å²) in [6.45, 7) is 9.58. The molecule has 8 heteroatoms. The van der Waals surface area contributed by atoms with Gasteiger partial charge in [0.15, 0.2) is 5.96 Å². The van der Waals surface area contributed by atoms with Crippen LogP contribution >= 0.6 is 24.0 Å². The second kappa shape index (κ2) is 11.5. The van der Waals surface area contributed by atoms with E-state index in [4.69, 9.17) is 4.42 Å². The van der Waals surface area contributed by atoms with Gasteiger partial charge in [-0.2, -0.15) is 0 Å². The number of nitrogens with zero attached hydrogens (tertiary/aromatic N) is 4. The maximum absolute atomic E-state index is 5.63. The summed E-state index contributed by atoms with van der Waals surface area (Å²) < 4.78 is 5.63. The Morgan fingerprint density at radius 1 is 1.21 bits per heavy atom. The van der Waals surface area contributed by atoms with Crippen LogP contribution in [0.5, 0.6) is 0 Å². The molecule has 1 aromatic heterocycles. The van der Waals surface area contributed by atoms with Crippen LogP contribution in [-0.2, 0) is 6.54 Å². The van der Waals surface area contributed by atoms with Gasteiger partial charge in [-0.15, -0.1) is 24.0 Å². The Hall–Kier alpha value is -1.65. The predicted molar refractivity (Wildman–Crippen MR) is 129 cm³/mol. The molecule has 29 heavy (non-hydrogen) atoms. The number of aromatic nitrogens is 1. The largest absolute Gasteiger partial charge is 0.444 e. The van der Waals surface area contributed by atoms with Crippen molar-refractivity contribution in [1.82, 2.24) is 25.4 Å². The number of nitrogens with one attached hydrogen (secondary N) is 2. The average molecular weight is 512 g/mol. The van der Waals surface area contributed by atoms with E-state index in [0.717, 1.165) is 49.9 Å². The summed E-state index contributed by atoms with van der Waals surface area (Å²) in [5, 5.41) is 6.78. The van der Waals surface area contributed by atoms with Crippen molar-refractivity contribution < 1.29 is 4.42 Å². The number of aryl methyl sites for hydroxylation is 1. The summed E-state index contributed by atoms with van der Waals surface area (Å²) in [5.74, 6) is 1.44. The van der Waals surface area contributed by atoms with Gasteiger partial charge in [-0.25, -0.2) is 9.98 Å². The number of hydrogen-bond donors (Lipinski definition) is 2. The predicted octanol–water partition coefficient (Wildman–Crippen LogP) is 2.57. The first-order chi connectivity index (χ1) is 13.5. The van der Waals surface area contributed by atoms with Gasteiger partial charge in [0.25, 0.3) is 0 Å². The molecule has 0 aliphatic carbocycles. The standard InChI is InChI=1S/C21H32N6O.HI/c1-5-22-21(24-13-19-14-26(3)10-11-27(19)4)23-12-18-15-28-20(25-18)17-8-6-16(2)7-9-17;/h6-9,15,19H,5,10-14H2,1-4H3,(H2,22,23,24);1H. The molecule has 1 saturated heterocycles. The minimum Gasteiger partial charge on any atom is -0.444 e. The van der Waals surface area contributed by atoms with Gasteiger partial charge in [0.05, 0.1) is 6.54 Å². The molecule has 1 aromatic carbocycles. The van der Waals surface area contributed by atoms with E-state index in [2.05, 4.69) is 70.5 Å². The van der Waals surface area contributed by atoms with Gasteiger partial charge in [-0.1, -0.05) is 17.7 Å². The number of guanidine groups is 1. The number of oxazole rings is 1. The monoisotopic (exact) mass is 512 g/mol. The van der Waals surface area contributed by atoms with Crippen molar-refractivity contribution in [2.75, 3.05) is 46.8 Å². The average Bonchev–Trinajstić information content (AvgIpc) is 3.16. The zero-order chi connectivity index (χ0) is 19.9. The summed E-state index contributed by atoms with van der Waals surface area (Å²) in [7, 11) is 4.36. The van der Waals surface area contributed by atoms with Crippen LogP contribution in [0, 0.1) is 6.92 Å². The van der Waals surface area contributed by atoms with Crippen LogP contribution in [0.3, 0.4) is 0 Å². The molecule has 1 fully saturated rings. The van der Waals surface area contributed by atoms with Crippen LogP contribution in [0.4, 0.5) is 0 Å². The molecular weight excluding hydrogens is 479 g/mol. The Balaban J connectivity index is 0.00000300. The third kappa shape index (κ3) is 6.97. The molecule has 0 amide bonds. The number of halogens is 1. The van der Waals surface area contributed by atoms with Crippen LogP contribution in [0.1, 0.15) is 18.2 Å². The second-order valence-electron chi connectivity index (χ2n) is 7.48. The van der Waals surface area contributed by atoms with Crippen molar-refractivity contribution in [1.29, 1.82) is 0 Å². The van der Waals surface area contributed by atoms with E-state index in [1.807, 2.05) is 12.1 Å². The highest BCUT2D eigenvalue weighted by molar-refractivity contribution is 14.0. The number of hydrogen-bond acceptors (Lipinski definition) is 5. The molecule has 2 aromatic rings. The van der Waals surface area contributed by atoms with Crippen LogP contribution < -0.4 is 10.6 Å². The molecule has 0 spiro atoms. The van der Waals surface area contributed by atoms with Crippen LogP contribution in [0.2, 0.25) is 0 Å².